The molecule has 0 saturated heterocycles. The molecule has 0 radical (unpaired) electrons. The highest BCUT2D eigenvalue weighted by atomic mass is 32.1. The Hall–Kier alpha value is -0.310. The minimum atomic E-state index is 0.418. The predicted molar refractivity (Wildman–Crippen MR) is 79.2 cm³/mol. The van der Waals surface area contributed by atoms with Crippen molar-refractivity contribution in [3.63, 3.8) is 0 Å². The van der Waals surface area contributed by atoms with Crippen LogP contribution in [0, 0.1) is 11.3 Å². The first-order chi connectivity index (χ1) is 7.79. The summed E-state index contributed by atoms with van der Waals surface area (Å²) in [6.07, 6.45) is 5.15. The lowest BCUT2D eigenvalue weighted by atomic mass is 9.71. The molecule has 1 saturated carbocycles. The normalized spacial score (nSPS) is 25.8. The molecule has 2 N–H and O–H groups in total. The van der Waals surface area contributed by atoms with Crippen molar-refractivity contribution in [2.75, 3.05) is 0 Å². The van der Waals surface area contributed by atoms with Crippen molar-refractivity contribution < 1.29 is 0 Å². The van der Waals surface area contributed by atoms with Gasteiger partial charge in [-0.2, -0.15) is 0 Å². The first-order valence-corrected chi connectivity index (χ1v) is 7.27. The second-order valence-corrected chi connectivity index (χ2v) is 7.10. The Balaban J connectivity index is 2.30. The molecule has 0 bridgehead atoms. The van der Waals surface area contributed by atoms with Gasteiger partial charge in [0.2, 0.25) is 0 Å². The summed E-state index contributed by atoms with van der Waals surface area (Å²) >= 11 is 5.29. The Kier molecular flexibility index (Phi) is 5.23. The van der Waals surface area contributed by atoms with E-state index in [1.807, 2.05) is 0 Å². The number of nitrogens with one attached hydrogen (secondary N) is 2. The lowest BCUT2D eigenvalue weighted by Gasteiger charge is -2.37. The van der Waals surface area contributed by atoms with E-state index in [4.69, 9.17) is 12.2 Å². The van der Waals surface area contributed by atoms with E-state index >= 15 is 0 Å². The maximum absolute atomic E-state index is 5.29. The largest absolute Gasteiger partial charge is 0.361 e. The Bertz CT molecular complexity index is 247. The molecule has 0 heterocycles. The third kappa shape index (κ3) is 5.24. The van der Waals surface area contributed by atoms with E-state index in [1.54, 1.807) is 0 Å². The van der Waals surface area contributed by atoms with Crippen LogP contribution in [0.25, 0.3) is 0 Å². The summed E-state index contributed by atoms with van der Waals surface area (Å²) in [6, 6.07) is 0.994. The summed E-state index contributed by atoms with van der Waals surface area (Å²) in [6.45, 7) is 11.3. The Labute approximate surface area is 112 Å². The Morgan fingerprint density at radius 3 is 2.06 bits per heavy atom. The average Bonchev–Trinajstić information content (AvgIpc) is 2.15. The van der Waals surface area contributed by atoms with Gasteiger partial charge in [0, 0.05) is 12.1 Å². The predicted octanol–water partition coefficient (Wildman–Crippen LogP) is 3.46. The Morgan fingerprint density at radius 2 is 1.65 bits per heavy atom. The van der Waals surface area contributed by atoms with E-state index in [-0.39, 0.29) is 0 Å². The number of rotatable bonds is 2. The molecule has 0 aliphatic heterocycles. The molecule has 1 rings (SSSR count). The van der Waals surface area contributed by atoms with Crippen LogP contribution in [0.1, 0.15) is 60.3 Å². The van der Waals surface area contributed by atoms with E-state index in [9.17, 15) is 0 Å². The average molecular weight is 256 g/mol. The van der Waals surface area contributed by atoms with Crippen LogP contribution >= 0.6 is 12.2 Å². The van der Waals surface area contributed by atoms with Crippen LogP contribution in [-0.2, 0) is 0 Å². The molecular weight excluding hydrogens is 228 g/mol. The van der Waals surface area contributed by atoms with Crippen molar-refractivity contribution in [2.45, 2.75) is 72.4 Å². The van der Waals surface area contributed by atoms with Gasteiger partial charge in [-0.05, 0) is 63.1 Å². The second kappa shape index (κ2) is 6.03. The van der Waals surface area contributed by atoms with Crippen molar-refractivity contribution in [2.24, 2.45) is 11.3 Å². The molecular formula is C14H28N2S. The van der Waals surface area contributed by atoms with E-state index in [0.717, 1.165) is 11.0 Å². The zero-order valence-corrected chi connectivity index (χ0v) is 12.8. The van der Waals surface area contributed by atoms with Gasteiger partial charge >= 0.3 is 0 Å². The summed E-state index contributed by atoms with van der Waals surface area (Å²) in [4.78, 5) is 0. The van der Waals surface area contributed by atoms with Gasteiger partial charge in [-0.1, -0.05) is 20.8 Å². The topological polar surface area (TPSA) is 24.1 Å². The lowest BCUT2D eigenvalue weighted by molar-refractivity contribution is 0.165. The molecule has 0 aromatic carbocycles. The summed E-state index contributed by atoms with van der Waals surface area (Å²) in [5, 5.41) is 7.51. The zero-order chi connectivity index (χ0) is 13.1. The summed E-state index contributed by atoms with van der Waals surface area (Å²) < 4.78 is 0. The van der Waals surface area contributed by atoms with E-state index in [0.29, 0.717) is 17.5 Å². The molecule has 0 unspecified atom stereocenters. The second-order valence-electron chi connectivity index (χ2n) is 6.69. The van der Waals surface area contributed by atoms with Crippen LogP contribution < -0.4 is 10.6 Å². The van der Waals surface area contributed by atoms with Crippen LogP contribution in [0.15, 0.2) is 0 Å². The van der Waals surface area contributed by atoms with Crippen molar-refractivity contribution in [3.8, 4) is 0 Å². The molecule has 17 heavy (non-hydrogen) atoms. The van der Waals surface area contributed by atoms with Gasteiger partial charge in [-0.3, -0.25) is 0 Å². The summed E-state index contributed by atoms with van der Waals surface area (Å²) in [7, 11) is 0. The first-order valence-electron chi connectivity index (χ1n) is 6.86. The maximum Gasteiger partial charge on any atom is 0.166 e. The third-order valence-corrected chi connectivity index (χ3v) is 3.94. The van der Waals surface area contributed by atoms with Crippen LogP contribution in [0.4, 0.5) is 0 Å². The number of hydrogen-bond acceptors (Lipinski definition) is 1. The molecule has 1 fully saturated rings. The molecule has 2 nitrogen and oxygen atoms in total. The van der Waals surface area contributed by atoms with Crippen molar-refractivity contribution >= 4 is 17.3 Å². The maximum atomic E-state index is 5.29. The summed E-state index contributed by atoms with van der Waals surface area (Å²) in [5.74, 6) is 0.868. The molecule has 0 aromatic rings. The van der Waals surface area contributed by atoms with Crippen molar-refractivity contribution in [1.29, 1.82) is 0 Å². The van der Waals surface area contributed by atoms with Crippen LogP contribution in [0.5, 0.6) is 0 Å². The van der Waals surface area contributed by atoms with Gasteiger partial charge in [-0.25, -0.2) is 0 Å². The lowest BCUT2D eigenvalue weighted by Crippen LogP contribution is -2.46. The molecule has 0 spiro atoms. The molecule has 3 heteroatoms. The van der Waals surface area contributed by atoms with Gasteiger partial charge in [0.05, 0.1) is 0 Å². The zero-order valence-electron chi connectivity index (χ0n) is 12.0. The van der Waals surface area contributed by atoms with Crippen LogP contribution in [-0.4, -0.2) is 17.2 Å². The van der Waals surface area contributed by atoms with Gasteiger partial charge in [0.25, 0.3) is 0 Å². The molecule has 0 amide bonds. The standard InChI is InChI=1S/C14H28N2S/c1-10(2)15-13(17)16-12-8-6-11(7-9-12)14(3,4)5/h10-12H,6-9H2,1-5H3,(H2,15,16,17). The first kappa shape index (κ1) is 14.7. The van der Waals surface area contributed by atoms with Gasteiger partial charge < -0.3 is 10.6 Å². The Morgan fingerprint density at radius 1 is 1.12 bits per heavy atom. The number of thiocarbonyl (C=S) groups is 1. The van der Waals surface area contributed by atoms with Gasteiger partial charge in [0.1, 0.15) is 0 Å². The van der Waals surface area contributed by atoms with Gasteiger partial charge in [0.15, 0.2) is 5.11 Å². The smallest absolute Gasteiger partial charge is 0.166 e. The minimum Gasteiger partial charge on any atom is -0.361 e. The van der Waals surface area contributed by atoms with Crippen LogP contribution in [0.3, 0.4) is 0 Å². The highest BCUT2D eigenvalue weighted by Gasteiger charge is 2.29. The third-order valence-electron chi connectivity index (χ3n) is 3.71. The molecule has 0 aromatic heterocycles. The molecule has 1 aliphatic rings. The SMILES string of the molecule is CC(C)NC(=S)NC1CCC(C(C)(C)C)CC1. The fourth-order valence-corrected chi connectivity index (χ4v) is 3.00. The van der Waals surface area contributed by atoms with Crippen LogP contribution in [0.2, 0.25) is 0 Å². The molecule has 100 valence electrons. The highest BCUT2D eigenvalue weighted by Crippen LogP contribution is 2.37. The quantitative estimate of drug-likeness (QED) is 0.740. The summed E-state index contributed by atoms with van der Waals surface area (Å²) in [5.41, 5.74) is 0.460. The fourth-order valence-electron chi connectivity index (χ4n) is 2.59. The molecule has 0 atom stereocenters. The monoisotopic (exact) mass is 256 g/mol. The van der Waals surface area contributed by atoms with Crippen molar-refractivity contribution in [1.82, 2.24) is 10.6 Å². The highest BCUT2D eigenvalue weighted by molar-refractivity contribution is 7.80. The van der Waals surface area contributed by atoms with Gasteiger partial charge in [-0.15, -0.1) is 0 Å². The number of hydrogen-bond donors (Lipinski definition) is 2. The fraction of sp³-hybridized carbons (Fsp3) is 0.929. The van der Waals surface area contributed by atoms with E-state index in [2.05, 4.69) is 45.3 Å². The van der Waals surface area contributed by atoms with E-state index in [1.165, 1.54) is 25.7 Å². The minimum absolute atomic E-state index is 0.418. The molecule has 1 aliphatic carbocycles. The van der Waals surface area contributed by atoms with E-state index < -0.39 is 0 Å². The van der Waals surface area contributed by atoms with Crippen molar-refractivity contribution in [3.05, 3.63) is 0 Å².